The Morgan fingerprint density at radius 3 is 2.24 bits per heavy atom. The largest absolute Gasteiger partial charge is 0.395 e. The zero-order valence-corrected chi connectivity index (χ0v) is 8.75. The molecular formula is C11H10F3NO2. The zero-order valence-electron chi connectivity index (χ0n) is 8.75. The van der Waals surface area contributed by atoms with Crippen molar-refractivity contribution < 1.29 is 22.8 Å². The van der Waals surface area contributed by atoms with E-state index in [1.807, 2.05) is 0 Å². The van der Waals surface area contributed by atoms with Gasteiger partial charge in [0, 0.05) is 5.69 Å². The molecule has 6 heteroatoms. The third kappa shape index (κ3) is 5.70. The molecule has 0 saturated heterocycles. The van der Waals surface area contributed by atoms with Crippen molar-refractivity contribution in [2.75, 3.05) is 5.32 Å². The fourth-order valence-corrected chi connectivity index (χ4v) is 1.19. The predicted octanol–water partition coefficient (Wildman–Crippen LogP) is 2.54. The maximum absolute atomic E-state index is 11.8. The lowest BCUT2D eigenvalue weighted by Gasteiger charge is -2.06. The van der Waals surface area contributed by atoms with Gasteiger partial charge in [0.25, 0.3) is 0 Å². The molecule has 0 heterocycles. The number of nitrogens with one attached hydrogen (secondary N) is 1. The monoisotopic (exact) mass is 245 g/mol. The van der Waals surface area contributed by atoms with Crippen LogP contribution in [-0.2, 0) is 9.59 Å². The van der Waals surface area contributed by atoms with Crippen LogP contribution in [0.15, 0.2) is 30.3 Å². The molecule has 0 aliphatic carbocycles. The van der Waals surface area contributed by atoms with Gasteiger partial charge in [-0.1, -0.05) is 18.2 Å². The lowest BCUT2D eigenvalue weighted by Crippen LogP contribution is -2.21. The van der Waals surface area contributed by atoms with Gasteiger partial charge in [-0.25, -0.2) is 0 Å². The minimum atomic E-state index is -4.57. The highest BCUT2D eigenvalue weighted by atomic mass is 19.4. The summed E-state index contributed by atoms with van der Waals surface area (Å²) in [7, 11) is 0. The van der Waals surface area contributed by atoms with Crippen LogP contribution < -0.4 is 5.32 Å². The molecule has 92 valence electrons. The van der Waals surface area contributed by atoms with Crippen molar-refractivity contribution >= 4 is 17.4 Å². The average molecular weight is 245 g/mol. The number of hydrogen-bond donors (Lipinski definition) is 1. The van der Waals surface area contributed by atoms with E-state index in [1.54, 1.807) is 30.3 Å². The first kappa shape index (κ1) is 13.2. The predicted molar refractivity (Wildman–Crippen MR) is 55.4 cm³/mol. The molecule has 3 nitrogen and oxygen atoms in total. The van der Waals surface area contributed by atoms with Gasteiger partial charge in [0.15, 0.2) is 5.78 Å². The highest BCUT2D eigenvalue weighted by Crippen LogP contribution is 2.20. The Balaban J connectivity index is 2.43. The summed E-state index contributed by atoms with van der Waals surface area (Å²) in [6.45, 7) is 0. The summed E-state index contributed by atoms with van der Waals surface area (Å²) >= 11 is 0. The second-order valence-corrected chi connectivity index (χ2v) is 3.42. The van der Waals surface area contributed by atoms with Crippen LogP contribution in [0.4, 0.5) is 18.9 Å². The molecule has 1 aromatic rings. The Kier molecular flexibility index (Phi) is 4.25. The smallest absolute Gasteiger partial charge is 0.326 e. The number of benzene rings is 1. The topological polar surface area (TPSA) is 46.2 Å². The van der Waals surface area contributed by atoms with Crippen molar-refractivity contribution in [2.24, 2.45) is 0 Å². The Morgan fingerprint density at radius 1 is 1.12 bits per heavy atom. The van der Waals surface area contributed by atoms with Crippen LogP contribution in [0.2, 0.25) is 0 Å². The standard InChI is InChI=1S/C11H10F3NO2/c12-11(13,14)7-9(16)6-10(17)15-8-4-2-1-3-5-8/h1-5H,6-7H2,(H,15,17). The van der Waals surface area contributed by atoms with E-state index < -0.39 is 30.7 Å². The third-order valence-electron chi connectivity index (χ3n) is 1.81. The summed E-state index contributed by atoms with van der Waals surface area (Å²) in [6.07, 6.45) is -6.91. The first-order valence-electron chi connectivity index (χ1n) is 4.80. The number of Topliss-reactive ketones (excluding diaryl/α,β-unsaturated/α-hetero) is 1. The zero-order chi connectivity index (χ0) is 12.9. The number of halogens is 3. The number of hydrogen-bond acceptors (Lipinski definition) is 2. The van der Waals surface area contributed by atoms with Gasteiger partial charge in [-0.15, -0.1) is 0 Å². The van der Waals surface area contributed by atoms with Crippen LogP contribution >= 0.6 is 0 Å². The molecule has 1 rings (SSSR count). The van der Waals surface area contributed by atoms with Crippen molar-refractivity contribution in [1.29, 1.82) is 0 Å². The Morgan fingerprint density at radius 2 is 1.71 bits per heavy atom. The van der Waals surface area contributed by atoms with E-state index in [1.165, 1.54) is 0 Å². The van der Waals surface area contributed by atoms with E-state index in [2.05, 4.69) is 5.32 Å². The van der Waals surface area contributed by atoms with Gasteiger partial charge in [-0.3, -0.25) is 9.59 Å². The summed E-state index contributed by atoms with van der Waals surface area (Å²) in [5.74, 6) is -1.89. The van der Waals surface area contributed by atoms with Gasteiger partial charge in [0.05, 0.1) is 6.42 Å². The molecule has 0 aliphatic rings. The van der Waals surface area contributed by atoms with Crippen molar-refractivity contribution in [1.82, 2.24) is 0 Å². The van der Waals surface area contributed by atoms with Crippen molar-refractivity contribution in [2.45, 2.75) is 19.0 Å². The summed E-state index contributed by atoms with van der Waals surface area (Å²) in [4.78, 5) is 22.1. The summed E-state index contributed by atoms with van der Waals surface area (Å²) < 4.78 is 35.5. The molecule has 0 aromatic heterocycles. The second kappa shape index (κ2) is 5.47. The first-order chi connectivity index (χ1) is 7.87. The summed E-state index contributed by atoms with van der Waals surface area (Å²) in [5.41, 5.74) is 0.442. The van der Waals surface area contributed by atoms with Crippen LogP contribution in [0.1, 0.15) is 12.8 Å². The van der Waals surface area contributed by atoms with E-state index in [0.717, 1.165) is 0 Å². The lowest BCUT2D eigenvalue weighted by atomic mass is 10.2. The number of anilines is 1. The lowest BCUT2D eigenvalue weighted by molar-refractivity contribution is -0.152. The van der Waals surface area contributed by atoms with Gasteiger partial charge in [-0.05, 0) is 12.1 Å². The first-order valence-corrected chi connectivity index (χ1v) is 4.80. The molecule has 0 aliphatic heterocycles. The van der Waals surface area contributed by atoms with Gasteiger partial charge >= 0.3 is 6.18 Å². The van der Waals surface area contributed by atoms with Crippen LogP contribution in [-0.4, -0.2) is 17.9 Å². The summed E-state index contributed by atoms with van der Waals surface area (Å²) in [5, 5.41) is 2.33. The Labute approximate surface area is 95.6 Å². The van der Waals surface area contributed by atoms with Crippen LogP contribution in [0.3, 0.4) is 0 Å². The fourth-order valence-electron chi connectivity index (χ4n) is 1.19. The van der Waals surface area contributed by atoms with Gasteiger partial charge in [0.2, 0.25) is 5.91 Å². The van der Waals surface area contributed by atoms with Gasteiger partial charge < -0.3 is 5.32 Å². The van der Waals surface area contributed by atoms with E-state index in [4.69, 9.17) is 0 Å². The fraction of sp³-hybridized carbons (Fsp3) is 0.273. The molecule has 17 heavy (non-hydrogen) atoms. The van der Waals surface area contributed by atoms with Gasteiger partial charge in [0.1, 0.15) is 6.42 Å². The highest BCUT2D eigenvalue weighted by molar-refractivity contribution is 6.04. The number of amides is 1. The molecule has 0 unspecified atom stereocenters. The summed E-state index contributed by atoms with van der Waals surface area (Å²) in [6, 6.07) is 8.20. The molecule has 0 spiro atoms. The van der Waals surface area contributed by atoms with Crippen LogP contribution in [0.5, 0.6) is 0 Å². The normalized spacial score (nSPS) is 11.0. The minimum absolute atomic E-state index is 0.442. The van der Waals surface area contributed by atoms with Crippen molar-refractivity contribution in [3.8, 4) is 0 Å². The molecule has 1 N–H and O–H groups in total. The van der Waals surface area contributed by atoms with E-state index in [9.17, 15) is 22.8 Å². The quantitative estimate of drug-likeness (QED) is 0.828. The van der Waals surface area contributed by atoms with Crippen LogP contribution in [0.25, 0.3) is 0 Å². The Bertz CT molecular complexity index is 401. The molecule has 0 fully saturated rings. The third-order valence-corrected chi connectivity index (χ3v) is 1.81. The number of para-hydroxylation sites is 1. The Hall–Kier alpha value is -1.85. The van der Waals surface area contributed by atoms with E-state index >= 15 is 0 Å². The highest BCUT2D eigenvalue weighted by Gasteiger charge is 2.31. The van der Waals surface area contributed by atoms with Crippen molar-refractivity contribution in [3.05, 3.63) is 30.3 Å². The molecule has 0 bridgehead atoms. The van der Waals surface area contributed by atoms with E-state index in [-0.39, 0.29) is 0 Å². The number of carbonyl (C=O) groups is 2. The second-order valence-electron chi connectivity index (χ2n) is 3.42. The average Bonchev–Trinajstić information content (AvgIpc) is 2.15. The van der Waals surface area contributed by atoms with Crippen LogP contribution in [0, 0.1) is 0 Å². The molecule has 0 radical (unpaired) electrons. The van der Waals surface area contributed by atoms with Gasteiger partial charge in [-0.2, -0.15) is 13.2 Å². The molecule has 1 aromatic carbocycles. The van der Waals surface area contributed by atoms with Crippen molar-refractivity contribution in [3.63, 3.8) is 0 Å². The number of carbonyl (C=O) groups excluding carboxylic acids is 2. The molecular weight excluding hydrogens is 235 g/mol. The number of rotatable bonds is 4. The number of alkyl halides is 3. The number of ketones is 1. The maximum Gasteiger partial charge on any atom is 0.395 e. The minimum Gasteiger partial charge on any atom is -0.326 e. The maximum atomic E-state index is 11.8. The molecule has 0 saturated carbocycles. The molecule has 0 atom stereocenters. The van der Waals surface area contributed by atoms with E-state index in [0.29, 0.717) is 5.69 Å². The molecule has 1 amide bonds. The SMILES string of the molecule is O=C(CC(=O)Nc1ccccc1)CC(F)(F)F.